The van der Waals surface area contributed by atoms with Gasteiger partial charge in [0, 0.05) is 30.9 Å². The average Bonchev–Trinajstić information content (AvgIpc) is 3.58. The summed E-state index contributed by atoms with van der Waals surface area (Å²) in [4.78, 5) is 19.8. The van der Waals surface area contributed by atoms with Crippen molar-refractivity contribution in [3.8, 4) is 0 Å². The van der Waals surface area contributed by atoms with Crippen molar-refractivity contribution in [2.45, 2.75) is 57.2 Å². The van der Waals surface area contributed by atoms with Crippen LogP contribution in [0.5, 0.6) is 0 Å². The summed E-state index contributed by atoms with van der Waals surface area (Å²) in [5.41, 5.74) is 4.03. The van der Waals surface area contributed by atoms with E-state index in [9.17, 15) is 9.18 Å². The SMILES string of the molecule is CC1c2c[nH]nc2N(Cc2ccccc2C2CC2)C(=O)N1C1CCN(c2c(F)cccc2Cl)CC1. The highest BCUT2D eigenvalue weighted by Crippen LogP contribution is 2.44. The van der Waals surface area contributed by atoms with Gasteiger partial charge in [0.1, 0.15) is 5.82 Å². The van der Waals surface area contributed by atoms with Gasteiger partial charge < -0.3 is 9.80 Å². The summed E-state index contributed by atoms with van der Waals surface area (Å²) in [6.07, 6.45) is 5.84. The van der Waals surface area contributed by atoms with Crippen molar-refractivity contribution in [2.24, 2.45) is 0 Å². The second-order valence-corrected chi connectivity index (χ2v) is 10.3. The van der Waals surface area contributed by atoms with E-state index in [0.29, 0.717) is 36.3 Å². The molecule has 3 aliphatic rings. The van der Waals surface area contributed by atoms with Gasteiger partial charge >= 0.3 is 6.03 Å². The van der Waals surface area contributed by atoms with Gasteiger partial charge in [0.25, 0.3) is 0 Å². The largest absolute Gasteiger partial charge is 0.368 e. The molecule has 0 spiro atoms. The fraction of sp³-hybridized carbons (Fsp3) is 0.407. The third-order valence-electron chi connectivity index (χ3n) is 7.74. The quantitative estimate of drug-likeness (QED) is 0.457. The molecule has 3 heterocycles. The van der Waals surface area contributed by atoms with E-state index in [0.717, 1.165) is 24.2 Å². The van der Waals surface area contributed by atoms with Crippen LogP contribution in [0.2, 0.25) is 5.02 Å². The molecule has 0 bridgehead atoms. The van der Waals surface area contributed by atoms with Crippen LogP contribution in [0, 0.1) is 5.82 Å². The number of urea groups is 1. The van der Waals surface area contributed by atoms with E-state index in [1.165, 1.54) is 30.0 Å². The molecule has 6 rings (SSSR count). The van der Waals surface area contributed by atoms with Crippen LogP contribution in [-0.2, 0) is 6.54 Å². The van der Waals surface area contributed by atoms with E-state index in [1.807, 2.05) is 27.0 Å². The van der Waals surface area contributed by atoms with Gasteiger partial charge in [-0.3, -0.25) is 10.00 Å². The van der Waals surface area contributed by atoms with Crippen molar-refractivity contribution in [1.29, 1.82) is 0 Å². The molecule has 2 fully saturated rings. The number of rotatable bonds is 5. The molecule has 35 heavy (non-hydrogen) atoms. The molecule has 182 valence electrons. The van der Waals surface area contributed by atoms with Gasteiger partial charge in [0.05, 0.1) is 23.3 Å². The van der Waals surface area contributed by atoms with E-state index in [4.69, 9.17) is 11.6 Å². The van der Waals surface area contributed by atoms with Crippen molar-refractivity contribution in [1.82, 2.24) is 15.1 Å². The second-order valence-electron chi connectivity index (χ2n) is 9.88. The lowest BCUT2D eigenvalue weighted by molar-refractivity contribution is 0.136. The van der Waals surface area contributed by atoms with Crippen LogP contribution in [0.4, 0.5) is 20.7 Å². The van der Waals surface area contributed by atoms with E-state index < -0.39 is 0 Å². The number of H-pyrrole nitrogens is 1. The maximum Gasteiger partial charge on any atom is 0.326 e. The lowest BCUT2D eigenvalue weighted by Gasteiger charge is -2.46. The summed E-state index contributed by atoms with van der Waals surface area (Å²) in [7, 11) is 0. The van der Waals surface area contributed by atoms with Crippen LogP contribution in [0.3, 0.4) is 0 Å². The van der Waals surface area contributed by atoms with Crippen LogP contribution in [0.15, 0.2) is 48.7 Å². The number of aromatic amines is 1. The van der Waals surface area contributed by atoms with Gasteiger partial charge in [0.2, 0.25) is 0 Å². The highest BCUT2D eigenvalue weighted by molar-refractivity contribution is 6.33. The van der Waals surface area contributed by atoms with Crippen molar-refractivity contribution in [2.75, 3.05) is 22.9 Å². The number of nitrogens with one attached hydrogen (secondary N) is 1. The van der Waals surface area contributed by atoms with E-state index in [2.05, 4.69) is 35.3 Å². The number of fused-ring (bicyclic) bond motifs is 1. The van der Waals surface area contributed by atoms with Gasteiger partial charge in [0.15, 0.2) is 5.82 Å². The molecule has 1 saturated carbocycles. The van der Waals surface area contributed by atoms with Crippen molar-refractivity contribution < 1.29 is 9.18 Å². The fourth-order valence-corrected chi connectivity index (χ4v) is 6.06. The molecule has 1 saturated heterocycles. The van der Waals surface area contributed by atoms with Crippen LogP contribution in [0.1, 0.15) is 61.3 Å². The third-order valence-corrected chi connectivity index (χ3v) is 8.04. The zero-order valence-corrected chi connectivity index (χ0v) is 20.5. The molecule has 1 N–H and O–H groups in total. The Morgan fingerprint density at radius 3 is 2.57 bits per heavy atom. The minimum atomic E-state index is -0.304. The Hall–Kier alpha value is -3.06. The molecule has 6 nitrogen and oxygen atoms in total. The molecule has 1 aromatic heterocycles. The maximum atomic E-state index is 14.5. The number of benzene rings is 2. The predicted molar refractivity (Wildman–Crippen MR) is 135 cm³/mol. The first-order chi connectivity index (χ1) is 17.0. The lowest BCUT2D eigenvalue weighted by atomic mass is 9.97. The Balaban J connectivity index is 1.25. The minimum absolute atomic E-state index is 0.00919. The van der Waals surface area contributed by atoms with E-state index in [-0.39, 0.29) is 23.9 Å². The van der Waals surface area contributed by atoms with Gasteiger partial charge in [-0.15, -0.1) is 0 Å². The number of nitrogens with zero attached hydrogens (tertiary/aromatic N) is 4. The minimum Gasteiger partial charge on any atom is -0.368 e. The first kappa shape index (κ1) is 22.4. The summed E-state index contributed by atoms with van der Waals surface area (Å²) in [6, 6.07) is 13.2. The van der Waals surface area contributed by atoms with E-state index >= 15 is 0 Å². The number of carbonyl (C=O) groups excluding carboxylic acids is 1. The van der Waals surface area contributed by atoms with Crippen molar-refractivity contribution in [3.05, 3.63) is 76.2 Å². The normalized spacial score (nSPS) is 20.9. The number of halogens is 2. The zero-order valence-electron chi connectivity index (χ0n) is 19.8. The lowest BCUT2D eigenvalue weighted by Crippen LogP contribution is -2.55. The van der Waals surface area contributed by atoms with Gasteiger partial charge in [-0.2, -0.15) is 5.10 Å². The first-order valence-electron chi connectivity index (χ1n) is 12.4. The molecule has 2 aromatic carbocycles. The van der Waals surface area contributed by atoms with Crippen LogP contribution in [0.25, 0.3) is 0 Å². The standard InChI is InChI=1S/C27H29ClFN5O/c1-17-22-15-30-31-26(22)33(16-19-5-2-3-6-21(19)18-9-10-18)27(35)34(17)20-11-13-32(14-12-20)25-23(28)7-4-8-24(25)29/h2-8,15,17-18,20H,9-14,16H2,1H3,(H,30,31). The molecule has 1 unspecified atom stereocenters. The average molecular weight is 494 g/mol. The Morgan fingerprint density at radius 2 is 1.83 bits per heavy atom. The zero-order chi connectivity index (χ0) is 24.1. The molecule has 1 atom stereocenters. The highest BCUT2D eigenvalue weighted by Gasteiger charge is 2.42. The molecule has 0 radical (unpaired) electrons. The summed E-state index contributed by atoms with van der Waals surface area (Å²) in [6.45, 7) is 3.87. The van der Waals surface area contributed by atoms with Crippen molar-refractivity contribution >= 4 is 29.1 Å². The number of hydrogen-bond acceptors (Lipinski definition) is 3. The molecular formula is C27H29ClFN5O. The Bertz CT molecular complexity index is 1230. The number of hydrogen-bond donors (Lipinski definition) is 1. The number of aromatic nitrogens is 2. The van der Waals surface area contributed by atoms with E-state index in [1.54, 1.807) is 12.1 Å². The summed E-state index contributed by atoms with van der Waals surface area (Å²) < 4.78 is 14.5. The van der Waals surface area contributed by atoms with Gasteiger partial charge in [-0.25, -0.2) is 9.18 Å². The third kappa shape index (κ3) is 3.96. The molecule has 1 aliphatic carbocycles. The summed E-state index contributed by atoms with van der Waals surface area (Å²) in [5, 5.41) is 7.88. The summed E-state index contributed by atoms with van der Waals surface area (Å²) >= 11 is 6.31. The maximum absolute atomic E-state index is 14.5. The predicted octanol–water partition coefficient (Wildman–Crippen LogP) is 6.25. The number of anilines is 2. The smallest absolute Gasteiger partial charge is 0.326 e. The fourth-order valence-electron chi connectivity index (χ4n) is 5.78. The Morgan fingerprint density at radius 1 is 1.06 bits per heavy atom. The Kier molecular flexibility index (Phi) is 5.67. The topological polar surface area (TPSA) is 55.5 Å². The van der Waals surface area contributed by atoms with Gasteiger partial charge in [-0.1, -0.05) is 41.9 Å². The van der Waals surface area contributed by atoms with Crippen LogP contribution in [-0.4, -0.2) is 40.3 Å². The molecular weight excluding hydrogens is 465 g/mol. The summed E-state index contributed by atoms with van der Waals surface area (Å²) in [5.74, 6) is 1.02. The van der Waals surface area contributed by atoms with Crippen molar-refractivity contribution in [3.63, 3.8) is 0 Å². The van der Waals surface area contributed by atoms with Gasteiger partial charge in [-0.05, 0) is 61.8 Å². The molecule has 2 aliphatic heterocycles. The first-order valence-corrected chi connectivity index (χ1v) is 12.8. The monoisotopic (exact) mass is 493 g/mol. The second kappa shape index (κ2) is 8.86. The number of amides is 2. The molecule has 8 heteroatoms. The van der Waals surface area contributed by atoms with Crippen LogP contribution < -0.4 is 9.80 Å². The molecule has 3 aromatic rings. The number of piperidine rings is 1. The number of carbonyl (C=O) groups is 1. The Labute approximate surface area is 209 Å². The number of para-hydroxylation sites is 1. The van der Waals surface area contributed by atoms with Crippen LogP contribution >= 0.6 is 11.6 Å². The molecule has 2 amide bonds. The highest BCUT2D eigenvalue weighted by atomic mass is 35.5.